The Kier molecular flexibility index (Phi) is 6.82. The summed E-state index contributed by atoms with van der Waals surface area (Å²) < 4.78 is 11.9. The van der Waals surface area contributed by atoms with Gasteiger partial charge in [-0.25, -0.2) is 4.79 Å². The van der Waals surface area contributed by atoms with E-state index in [-0.39, 0.29) is 12.3 Å². The molecule has 1 amide bonds. The van der Waals surface area contributed by atoms with Gasteiger partial charge in [-0.1, -0.05) is 23.2 Å². The lowest BCUT2D eigenvalue weighted by molar-refractivity contribution is 0.0514. The van der Waals surface area contributed by atoms with E-state index >= 15 is 0 Å². The third-order valence-corrected chi connectivity index (χ3v) is 4.31. The van der Waals surface area contributed by atoms with Crippen molar-refractivity contribution < 1.29 is 19.1 Å². The molecule has 1 N–H and O–H groups in total. The van der Waals surface area contributed by atoms with E-state index in [4.69, 9.17) is 32.7 Å². The summed E-state index contributed by atoms with van der Waals surface area (Å²) in [5.41, 5.74) is 0.544. The Labute approximate surface area is 189 Å². The van der Waals surface area contributed by atoms with E-state index in [2.05, 4.69) is 15.4 Å². The van der Waals surface area contributed by atoms with Crippen LogP contribution in [0, 0.1) is 0 Å². The number of hydrogen-bond donors (Lipinski definition) is 1. The zero-order valence-corrected chi connectivity index (χ0v) is 18.6. The van der Waals surface area contributed by atoms with Gasteiger partial charge in [0.05, 0.1) is 23.1 Å². The molecule has 10 heteroatoms. The zero-order valence-electron chi connectivity index (χ0n) is 17.1. The fourth-order valence-corrected chi connectivity index (χ4v) is 2.76. The van der Waals surface area contributed by atoms with E-state index in [9.17, 15) is 9.59 Å². The molecule has 2 heterocycles. The molecule has 0 spiro atoms. The maximum Gasteiger partial charge on any atom is 0.435 e. The van der Waals surface area contributed by atoms with Gasteiger partial charge in [0, 0.05) is 17.3 Å². The second-order valence-corrected chi connectivity index (χ2v) is 8.36. The van der Waals surface area contributed by atoms with Crippen molar-refractivity contribution in [1.82, 2.24) is 14.8 Å². The number of benzene rings is 1. The molecule has 3 rings (SSSR count). The van der Waals surface area contributed by atoms with Crippen LogP contribution < -0.4 is 10.1 Å². The summed E-state index contributed by atoms with van der Waals surface area (Å²) in [5.74, 6) is -0.0297. The zero-order chi connectivity index (χ0) is 22.6. The van der Waals surface area contributed by atoms with Crippen LogP contribution in [0.5, 0.6) is 5.75 Å². The molecule has 0 bridgehead atoms. The Bertz CT molecular complexity index is 1110. The Morgan fingerprint density at radius 1 is 1.16 bits per heavy atom. The maximum atomic E-state index is 12.5. The summed E-state index contributed by atoms with van der Waals surface area (Å²) in [6.07, 6.45) is 3.55. The number of nitrogens with one attached hydrogen (secondary N) is 1. The first kappa shape index (κ1) is 22.6. The molecule has 3 aromatic rings. The molecule has 8 nitrogen and oxygen atoms in total. The first-order valence-electron chi connectivity index (χ1n) is 9.23. The van der Waals surface area contributed by atoms with Gasteiger partial charge in [0.2, 0.25) is 0 Å². The molecule has 0 fully saturated rings. The molecule has 0 radical (unpaired) electrons. The van der Waals surface area contributed by atoms with Gasteiger partial charge in [0.15, 0.2) is 0 Å². The van der Waals surface area contributed by atoms with Crippen LogP contribution in [-0.4, -0.2) is 32.4 Å². The van der Waals surface area contributed by atoms with Gasteiger partial charge >= 0.3 is 6.09 Å². The van der Waals surface area contributed by atoms with Gasteiger partial charge in [-0.05, 0) is 50.6 Å². The normalized spacial score (nSPS) is 11.1. The Hall–Kier alpha value is -3.10. The molecule has 0 aliphatic rings. The minimum absolute atomic E-state index is 0.166. The van der Waals surface area contributed by atoms with Gasteiger partial charge in [-0.3, -0.25) is 9.78 Å². The predicted octanol–water partition coefficient (Wildman–Crippen LogP) is 5.20. The summed E-state index contributed by atoms with van der Waals surface area (Å²) in [6, 6.07) is 8.22. The topological polar surface area (TPSA) is 95.3 Å². The highest BCUT2D eigenvalue weighted by Crippen LogP contribution is 2.28. The molecule has 0 unspecified atom stereocenters. The average molecular weight is 463 g/mol. The molecule has 0 saturated heterocycles. The highest BCUT2D eigenvalue weighted by atomic mass is 35.5. The molecular weight excluding hydrogens is 443 g/mol. The number of nitrogens with zero attached hydrogens (tertiary/aromatic N) is 3. The van der Waals surface area contributed by atoms with E-state index in [1.807, 2.05) is 0 Å². The number of carbonyl (C=O) groups is 2. The molecule has 0 atom stereocenters. The third-order valence-electron chi connectivity index (χ3n) is 3.77. The number of anilines is 1. The Morgan fingerprint density at radius 2 is 1.94 bits per heavy atom. The highest BCUT2D eigenvalue weighted by molar-refractivity contribution is 6.34. The summed E-state index contributed by atoms with van der Waals surface area (Å²) in [7, 11) is 0. The van der Waals surface area contributed by atoms with Crippen molar-refractivity contribution in [2.24, 2.45) is 0 Å². The van der Waals surface area contributed by atoms with E-state index in [0.29, 0.717) is 27.0 Å². The highest BCUT2D eigenvalue weighted by Gasteiger charge is 2.19. The van der Waals surface area contributed by atoms with Gasteiger partial charge in [-0.15, -0.1) is 0 Å². The van der Waals surface area contributed by atoms with Crippen LogP contribution in [0.1, 0.15) is 36.8 Å². The van der Waals surface area contributed by atoms with Gasteiger partial charge in [0.25, 0.3) is 5.91 Å². The number of ether oxygens (including phenoxy) is 2. The van der Waals surface area contributed by atoms with Crippen LogP contribution in [-0.2, 0) is 11.3 Å². The Morgan fingerprint density at radius 3 is 2.68 bits per heavy atom. The number of rotatable bonds is 5. The number of pyridine rings is 1. The lowest BCUT2D eigenvalue weighted by atomic mass is 10.2. The Balaban J connectivity index is 1.64. The lowest BCUT2D eigenvalue weighted by Gasteiger charge is -2.18. The second kappa shape index (κ2) is 9.36. The number of hydrogen-bond acceptors (Lipinski definition) is 6. The minimum atomic E-state index is -0.659. The van der Waals surface area contributed by atoms with E-state index < -0.39 is 17.6 Å². The SMILES string of the molecule is CC(C)(C)OC(=O)n1cc(NC(=O)c2cc(COc3cc(Cl)ccc3Cl)ccn2)cn1. The van der Waals surface area contributed by atoms with Crippen molar-refractivity contribution in [3.8, 4) is 5.75 Å². The fraction of sp³-hybridized carbons (Fsp3) is 0.238. The van der Waals surface area contributed by atoms with E-state index in [0.717, 1.165) is 4.68 Å². The molecule has 0 saturated carbocycles. The predicted molar refractivity (Wildman–Crippen MR) is 117 cm³/mol. The third kappa shape index (κ3) is 6.44. The fourth-order valence-electron chi connectivity index (χ4n) is 2.43. The van der Waals surface area contributed by atoms with Crippen molar-refractivity contribution >= 4 is 40.9 Å². The number of aromatic nitrogens is 3. The summed E-state index contributed by atoms with van der Waals surface area (Å²) in [5, 5.41) is 7.48. The second-order valence-electron chi connectivity index (χ2n) is 7.52. The van der Waals surface area contributed by atoms with Crippen molar-refractivity contribution in [1.29, 1.82) is 0 Å². The largest absolute Gasteiger partial charge is 0.487 e. The molecule has 2 aromatic heterocycles. The smallest absolute Gasteiger partial charge is 0.435 e. The molecule has 0 aliphatic heterocycles. The van der Waals surface area contributed by atoms with Crippen molar-refractivity contribution in [2.75, 3.05) is 5.32 Å². The molecule has 31 heavy (non-hydrogen) atoms. The van der Waals surface area contributed by atoms with Gasteiger partial charge < -0.3 is 14.8 Å². The van der Waals surface area contributed by atoms with Crippen LogP contribution in [0.15, 0.2) is 48.9 Å². The first-order chi connectivity index (χ1) is 14.6. The standard InChI is InChI=1S/C21H20Cl2N4O4/c1-21(2,3)31-20(29)27-11-15(10-25-27)26-19(28)17-8-13(6-7-24-17)12-30-18-9-14(22)4-5-16(18)23/h4-11H,12H2,1-3H3,(H,26,28). The summed E-state index contributed by atoms with van der Waals surface area (Å²) in [4.78, 5) is 28.6. The van der Waals surface area contributed by atoms with Gasteiger partial charge in [0.1, 0.15) is 23.7 Å². The minimum Gasteiger partial charge on any atom is -0.487 e. The summed E-state index contributed by atoms with van der Waals surface area (Å²) in [6.45, 7) is 5.42. The van der Waals surface area contributed by atoms with Crippen LogP contribution in [0.4, 0.5) is 10.5 Å². The van der Waals surface area contributed by atoms with Crippen molar-refractivity contribution in [3.63, 3.8) is 0 Å². The van der Waals surface area contributed by atoms with E-state index in [1.165, 1.54) is 18.6 Å². The van der Waals surface area contributed by atoms with Crippen LogP contribution >= 0.6 is 23.2 Å². The summed E-state index contributed by atoms with van der Waals surface area (Å²) >= 11 is 12.1. The average Bonchev–Trinajstić information content (AvgIpc) is 3.16. The number of halogens is 2. The molecule has 1 aromatic carbocycles. The van der Waals surface area contributed by atoms with Crippen molar-refractivity contribution in [3.05, 3.63) is 70.2 Å². The van der Waals surface area contributed by atoms with Crippen LogP contribution in [0.25, 0.3) is 0 Å². The molecular formula is C21H20Cl2N4O4. The van der Waals surface area contributed by atoms with Crippen LogP contribution in [0.3, 0.4) is 0 Å². The molecule has 0 aliphatic carbocycles. The monoisotopic (exact) mass is 462 g/mol. The van der Waals surface area contributed by atoms with Crippen molar-refractivity contribution in [2.45, 2.75) is 33.0 Å². The quantitative estimate of drug-likeness (QED) is 0.559. The van der Waals surface area contributed by atoms with Crippen LogP contribution in [0.2, 0.25) is 10.0 Å². The maximum absolute atomic E-state index is 12.5. The lowest BCUT2D eigenvalue weighted by Crippen LogP contribution is -2.27. The number of amides is 1. The first-order valence-corrected chi connectivity index (χ1v) is 9.98. The number of carbonyl (C=O) groups excluding carboxylic acids is 2. The van der Waals surface area contributed by atoms with E-state index in [1.54, 1.807) is 51.1 Å². The van der Waals surface area contributed by atoms with Gasteiger partial charge in [-0.2, -0.15) is 9.78 Å². The molecule has 162 valence electrons.